The molecule has 0 aromatic heterocycles. The third-order valence-electron chi connectivity index (χ3n) is 3.60. The zero-order chi connectivity index (χ0) is 19.3. The molecule has 1 amide bonds. The lowest BCUT2D eigenvalue weighted by Gasteiger charge is -2.13. The second kappa shape index (κ2) is 8.44. The van der Waals surface area contributed by atoms with Crippen LogP contribution in [0, 0.1) is 25.0 Å². The van der Waals surface area contributed by atoms with E-state index in [9.17, 15) is 25.3 Å². The van der Waals surface area contributed by atoms with Gasteiger partial charge in [-0.25, -0.2) is 0 Å². The number of carbonyl (C=O) groups is 1. The summed E-state index contributed by atoms with van der Waals surface area (Å²) in [5.41, 5.74) is 0.390. The summed E-state index contributed by atoms with van der Waals surface area (Å²) in [6.07, 6.45) is 1.14. The molecule has 0 aliphatic rings. The van der Waals surface area contributed by atoms with Gasteiger partial charge >= 0.3 is 0 Å². The van der Waals surface area contributed by atoms with Gasteiger partial charge in [-0.05, 0) is 41.2 Å². The number of nitriles is 1. The van der Waals surface area contributed by atoms with Gasteiger partial charge in [-0.2, -0.15) is 5.26 Å². The fraction of sp³-hybridized carbons (Fsp3) is 0.111. The molecule has 0 saturated carbocycles. The fourth-order valence-electron chi connectivity index (χ4n) is 2.22. The Morgan fingerprint density at radius 3 is 2.62 bits per heavy atom. The van der Waals surface area contributed by atoms with Gasteiger partial charge in [0.15, 0.2) is 0 Å². The lowest BCUT2D eigenvalue weighted by molar-refractivity contribution is -0.385. The number of benzene rings is 2. The number of non-ortho nitro benzene ring substituents is 1. The second-order valence-corrected chi connectivity index (χ2v) is 6.56. The summed E-state index contributed by atoms with van der Waals surface area (Å²) in [7, 11) is 0. The summed E-state index contributed by atoms with van der Waals surface area (Å²) in [4.78, 5) is 22.7. The lowest BCUT2D eigenvalue weighted by atomic mass is 10.1. The molecule has 1 atom stereocenters. The number of amides is 1. The van der Waals surface area contributed by atoms with Crippen LogP contribution in [0.25, 0.3) is 6.08 Å². The van der Waals surface area contributed by atoms with Crippen molar-refractivity contribution < 1.29 is 14.8 Å². The minimum absolute atomic E-state index is 0.0302. The number of phenolic OH excluding ortho intramolecular Hbond substituents is 1. The molecule has 0 aliphatic carbocycles. The second-order valence-electron chi connectivity index (χ2n) is 5.40. The van der Waals surface area contributed by atoms with E-state index >= 15 is 0 Å². The van der Waals surface area contributed by atoms with Gasteiger partial charge in [0.2, 0.25) is 0 Å². The van der Waals surface area contributed by atoms with E-state index in [0.29, 0.717) is 0 Å². The molecule has 0 spiro atoms. The predicted octanol–water partition coefficient (Wildman–Crippen LogP) is 3.69. The molecule has 26 heavy (non-hydrogen) atoms. The average molecular weight is 463 g/mol. The zero-order valence-electron chi connectivity index (χ0n) is 13.6. The number of hydrogen-bond acceptors (Lipinski definition) is 5. The highest BCUT2D eigenvalue weighted by Crippen LogP contribution is 2.31. The van der Waals surface area contributed by atoms with Gasteiger partial charge in [-0.1, -0.05) is 30.3 Å². The van der Waals surface area contributed by atoms with Gasteiger partial charge in [0, 0.05) is 17.7 Å². The fourth-order valence-corrected chi connectivity index (χ4v) is 2.85. The van der Waals surface area contributed by atoms with Crippen LogP contribution in [0.2, 0.25) is 0 Å². The molecule has 0 aliphatic heterocycles. The summed E-state index contributed by atoms with van der Waals surface area (Å²) >= 11 is 1.75. The number of hydrogen-bond donors (Lipinski definition) is 2. The molecule has 0 fully saturated rings. The van der Waals surface area contributed by atoms with E-state index in [0.717, 1.165) is 17.7 Å². The third-order valence-corrected chi connectivity index (χ3v) is 4.42. The number of nitro benzene ring substituents is 1. The van der Waals surface area contributed by atoms with Crippen molar-refractivity contribution in [2.24, 2.45) is 0 Å². The number of nitrogens with one attached hydrogen (secondary N) is 1. The monoisotopic (exact) mass is 463 g/mol. The van der Waals surface area contributed by atoms with E-state index < -0.39 is 10.8 Å². The van der Waals surface area contributed by atoms with E-state index in [1.165, 1.54) is 6.07 Å². The van der Waals surface area contributed by atoms with Crippen molar-refractivity contribution in [3.8, 4) is 11.8 Å². The van der Waals surface area contributed by atoms with E-state index in [2.05, 4.69) is 5.32 Å². The first-order chi connectivity index (χ1) is 12.3. The van der Waals surface area contributed by atoms with Crippen LogP contribution >= 0.6 is 22.6 Å². The summed E-state index contributed by atoms with van der Waals surface area (Å²) < 4.78 is 0.249. The first-order valence-corrected chi connectivity index (χ1v) is 8.56. The smallest absolute Gasteiger partial charge is 0.271 e. The Morgan fingerprint density at radius 1 is 1.38 bits per heavy atom. The summed E-state index contributed by atoms with van der Waals surface area (Å²) in [5.74, 6) is -0.863. The number of nitro groups is 1. The maximum Gasteiger partial charge on any atom is 0.271 e. The Labute approximate surface area is 163 Å². The van der Waals surface area contributed by atoms with Gasteiger partial charge in [-0.3, -0.25) is 14.9 Å². The van der Waals surface area contributed by atoms with Gasteiger partial charge in [0.05, 0.1) is 14.5 Å². The number of halogens is 1. The summed E-state index contributed by atoms with van der Waals surface area (Å²) in [6.45, 7) is 1.77. The molecule has 132 valence electrons. The van der Waals surface area contributed by atoms with Crippen molar-refractivity contribution in [3.05, 3.63) is 72.8 Å². The highest BCUT2D eigenvalue weighted by Gasteiger charge is 2.17. The van der Waals surface area contributed by atoms with E-state index in [1.54, 1.807) is 35.6 Å². The SMILES string of the molecule is C[C@@H](NC(=O)/C(C#N)=C\c1cc([N+](=O)[O-])cc(I)c1O)c1ccccc1. The van der Waals surface area contributed by atoms with Gasteiger partial charge in [0.25, 0.3) is 11.6 Å². The van der Waals surface area contributed by atoms with Crippen molar-refractivity contribution in [3.63, 3.8) is 0 Å². The van der Waals surface area contributed by atoms with Crippen LogP contribution in [0.3, 0.4) is 0 Å². The van der Waals surface area contributed by atoms with Crippen molar-refractivity contribution >= 4 is 40.3 Å². The minimum atomic E-state index is -0.634. The molecular formula is C18H14IN3O4. The highest BCUT2D eigenvalue weighted by molar-refractivity contribution is 14.1. The molecule has 2 N–H and O–H groups in total. The molecule has 0 saturated heterocycles. The van der Waals surface area contributed by atoms with Crippen molar-refractivity contribution in [1.82, 2.24) is 5.32 Å². The Balaban J connectivity index is 2.32. The van der Waals surface area contributed by atoms with Crippen LogP contribution in [0.4, 0.5) is 5.69 Å². The van der Waals surface area contributed by atoms with Crippen LogP contribution in [-0.2, 0) is 4.79 Å². The van der Waals surface area contributed by atoms with Crippen LogP contribution in [-0.4, -0.2) is 15.9 Å². The molecule has 0 radical (unpaired) electrons. The number of nitrogens with zero attached hydrogens (tertiary/aromatic N) is 2. The van der Waals surface area contributed by atoms with E-state index in [4.69, 9.17) is 0 Å². The Morgan fingerprint density at radius 2 is 2.04 bits per heavy atom. The molecule has 0 unspecified atom stereocenters. The Hall–Kier alpha value is -2.93. The molecule has 2 aromatic rings. The van der Waals surface area contributed by atoms with Crippen LogP contribution in [0.5, 0.6) is 5.75 Å². The van der Waals surface area contributed by atoms with E-state index in [1.807, 2.05) is 30.3 Å². The quantitative estimate of drug-likeness (QED) is 0.231. The normalized spacial score (nSPS) is 12.1. The van der Waals surface area contributed by atoms with Gasteiger partial charge in [-0.15, -0.1) is 0 Å². The van der Waals surface area contributed by atoms with Gasteiger partial charge < -0.3 is 10.4 Å². The van der Waals surface area contributed by atoms with Crippen LogP contribution in [0.15, 0.2) is 48.0 Å². The Kier molecular flexibility index (Phi) is 6.30. The summed E-state index contributed by atoms with van der Waals surface area (Å²) in [5, 5.41) is 33.0. The van der Waals surface area contributed by atoms with Gasteiger partial charge in [0.1, 0.15) is 17.4 Å². The first kappa shape index (κ1) is 19.4. The average Bonchev–Trinajstić information content (AvgIpc) is 2.63. The Bertz CT molecular complexity index is 920. The molecule has 0 heterocycles. The largest absolute Gasteiger partial charge is 0.506 e. The molecule has 0 bridgehead atoms. The lowest BCUT2D eigenvalue weighted by Crippen LogP contribution is -2.27. The number of carbonyl (C=O) groups excluding carboxylic acids is 1. The molecular weight excluding hydrogens is 449 g/mol. The molecule has 2 rings (SSSR count). The molecule has 2 aromatic carbocycles. The predicted molar refractivity (Wildman–Crippen MR) is 104 cm³/mol. The van der Waals surface area contributed by atoms with Crippen LogP contribution < -0.4 is 5.32 Å². The van der Waals surface area contributed by atoms with Crippen LogP contribution in [0.1, 0.15) is 24.1 Å². The highest BCUT2D eigenvalue weighted by atomic mass is 127. The zero-order valence-corrected chi connectivity index (χ0v) is 15.8. The van der Waals surface area contributed by atoms with Crippen molar-refractivity contribution in [2.45, 2.75) is 13.0 Å². The topological polar surface area (TPSA) is 116 Å². The van der Waals surface area contributed by atoms with Crippen molar-refractivity contribution in [2.75, 3.05) is 0 Å². The van der Waals surface area contributed by atoms with Crippen molar-refractivity contribution in [1.29, 1.82) is 5.26 Å². The van der Waals surface area contributed by atoms with E-state index in [-0.39, 0.29) is 32.2 Å². The summed E-state index contributed by atoms with van der Waals surface area (Å²) in [6, 6.07) is 13.0. The maximum atomic E-state index is 12.4. The minimum Gasteiger partial charge on any atom is -0.506 e. The first-order valence-electron chi connectivity index (χ1n) is 7.48. The number of phenols is 1. The number of aromatic hydroxyl groups is 1. The maximum absolute atomic E-state index is 12.4. The molecule has 7 nitrogen and oxygen atoms in total. The molecule has 8 heteroatoms. The third kappa shape index (κ3) is 4.58. The number of rotatable bonds is 5. The standard InChI is InChI=1S/C18H14IN3O4/c1-11(12-5-3-2-4-6-12)21-18(24)14(10-20)7-13-8-15(22(25)26)9-16(19)17(13)23/h2-9,11,23H,1H3,(H,21,24)/b14-7-/t11-/m1/s1.